The number of ether oxygens (including phenoxy) is 2. The van der Waals surface area contributed by atoms with Crippen molar-refractivity contribution in [2.45, 2.75) is 13.5 Å². The fraction of sp³-hybridized carbons (Fsp3) is 0.625. The molecule has 0 spiro atoms. The first-order valence-electron chi connectivity index (χ1n) is 7.36. The van der Waals surface area contributed by atoms with Gasteiger partial charge in [-0.1, -0.05) is 0 Å². The Morgan fingerprint density at radius 3 is 2.30 bits per heavy atom. The summed E-state index contributed by atoms with van der Waals surface area (Å²) in [4.78, 5) is 2.57. The van der Waals surface area contributed by atoms with Crippen LogP contribution in [-0.2, 0) is 6.54 Å². The highest BCUT2D eigenvalue weighted by atomic mass is 16.5. The number of hydrogen-bond donors (Lipinski definition) is 1. The summed E-state index contributed by atoms with van der Waals surface area (Å²) in [6.07, 6.45) is 0. The van der Waals surface area contributed by atoms with E-state index in [0.29, 0.717) is 0 Å². The number of fused-ring (bicyclic) bond motifs is 1. The van der Waals surface area contributed by atoms with Crippen molar-refractivity contribution in [1.29, 1.82) is 0 Å². The van der Waals surface area contributed by atoms with E-state index in [-0.39, 0.29) is 0 Å². The molecular weight excluding hydrogens is 252 g/mol. The van der Waals surface area contributed by atoms with Crippen LogP contribution in [0.4, 0.5) is 0 Å². The second-order valence-corrected chi connectivity index (χ2v) is 6.01. The lowest BCUT2D eigenvalue weighted by Gasteiger charge is -2.20. The highest BCUT2D eigenvalue weighted by molar-refractivity contribution is 5.47. The molecule has 1 N–H and O–H groups in total. The fourth-order valence-electron chi connectivity index (χ4n) is 3.52. The van der Waals surface area contributed by atoms with Gasteiger partial charge in [-0.05, 0) is 55.1 Å². The van der Waals surface area contributed by atoms with Crippen LogP contribution in [-0.4, -0.2) is 45.3 Å². The number of nitrogens with one attached hydrogen (secondary N) is 1. The molecule has 0 amide bonds. The number of rotatable bonds is 4. The van der Waals surface area contributed by atoms with Crippen LogP contribution in [0.1, 0.15) is 11.1 Å². The summed E-state index contributed by atoms with van der Waals surface area (Å²) >= 11 is 0. The Bertz CT molecular complexity index is 478. The van der Waals surface area contributed by atoms with E-state index >= 15 is 0 Å². The van der Waals surface area contributed by atoms with E-state index in [0.717, 1.165) is 29.9 Å². The van der Waals surface area contributed by atoms with Gasteiger partial charge >= 0.3 is 0 Å². The van der Waals surface area contributed by atoms with Crippen molar-refractivity contribution in [3.05, 3.63) is 23.3 Å². The Balaban J connectivity index is 1.74. The largest absolute Gasteiger partial charge is 0.493 e. The average Bonchev–Trinajstić information content (AvgIpc) is 3.01. The molecule has 0 aliphatic carbocycles. The molecule has 110 valence electrons. The Hall–Kier alpha value is -1.26. The number of benzene rings is 1. The summed E-state index contributed by atoms with van der Waals surface area (Å²) in [5.41, 5.74) is 2.62. The van der Waals surface area contributed by atoms with Gasteiger partial charge in [-0.3, -0.25) is 4.90 Å². The van der Waals surface area contributed by atoms with Gasteiger partial charge in [0.2, 0.25) is 0 Å². The summed E-state index contributed by atoms with van der Waals surface area (Å²) < 4.78 is 10.8. The van der Waals surface area contributed by atoms with E-state index in [1.54, 1.807) is 14.2 Å². The third-order valence-electron chi connectivity index (χ3n) is 4.70. The fourth-order valence-corrected chi connectivity index (χ4v) is 3.52. The third-order valence-corrected chi connectivity index (χ3v) is 4.70. The molecule has 2 fully saturated rings. The summed E-state index contributed by atoms with van der Waals surface area (Å²) in [7, 11) is 3.38. The minimum Gasteiger partial charge on any atom is -0.493 e. The molecule has 2 aliphatic rings. The molecule has 2 saturated heterocycles. The molecule has 1 aromatic carbocycles. The van der Waals surface area contributed by atoms with Crippen LogP contribution in [0.2, 0.25) is 0 Å². The minimum atomic E-state index is 0.816. The standard InChI is InChI=1S/C16H24N2O2/c1-11-4-15(19-2)16(20-3)5-12(11)8-18-9-13-6-17-7-14(13)10-18/h4-5,13-14,17H,6-10H2,1-3H3. The Labute approximate surface area is 121 Å². The second kappa shape index (κ2) is 5.62. The third kappa shape index (κ3) is 2.50. The Morgan fingerprint density at radius 2 is 1.70 bits per heavy atom. The molecule has 0 aromatic heterocycles. The lowest BCUT2D eigenvalue weighted by atomic mass is 10.0. The molecule has 3 rings (SSSR count). The van der Waals surface area contributed by atoms with Gasteiger partial charge in [0.25, 0.3) is 0 Å². The monoisotopic (exact) mass is 276 g/mol. The second-order valence-electron chi connectivity index (χ2n) is 6.01. The minimum absolute atomic E-state index is 0.816. The molecule has 2 aliphatic heterocycles. The van der Waals surface area contributed by atoms with Crippen molar-refractivity contribution in [2.75, 3.05) is 40.4 Å². The van der Waals surface area contributed by atoms with E-state index in [2.05, 4.69) is 29.3 Å². The lowest BCUT2D eigenvalue weighted by molar-refractivity contribution is 0.303. The van der Waals surface area contributed by atoms with E-state index < -0.39 is 0 Å². The normalized spacial score (nSPS) is 25.8. The Morgan fingerprint density at radius 1 is 1.10 bits per heavy atom. The maximum absolute atomic E-state index is 5.42. The zero-order valence-electron chi connectivity index (χ0n) is 12.6. The highest BCUT2D eigenvalue weighted by Crippen LogP contribution is 2.33. The molecule has 4 heteroatoms. The number of nitrogens with zero attached hydrogens (tertiary/aromatic N) is 1. The number of aryl methyl sites for hydroxylation is 1. The SMILES string of the molecule is COc1cc(C)c(CN2CC3CNCC3C2)cc1OC. The Kier molecular flexibility index (Phi) is 3.85. The molecule has 0 radical (unpaired) electrons. The van der Waals surface area contributed by atoms with Crippen LogP contribution in [0.5, 0.6) is 11.5 Å². The van der Waals surface area contributed by atoms with Gasteiger partial charge in [0.05, 0.1) is 14.2 Å². The van der Waals surface area contributed by atoms with Crippen molar-refractivity contribution in [3.8, 4) is 11.5 Å². The van der Waals surface area contributed by atoms with Gasteiger partial charge in [-0.25, -0.2) is 0 Å². The molecule has 20 heavy (non-hydrogen) atoms. The van der Waals surface area contributed by atoms with Crippen LogP contribution in [0.3, 0.4) is 0 Å². The van der Waals surface area contributed by atoms with Crippen molar-refractivity contribution in [3.63, 3.8) is 0 Å². The summed E-state index contributed by atoms with van der Waals surface area (Å²) in [5, 5.41) is 3.49. The first-order chi connectivity index (χ1) is 9.71. The first-order valence-corrected chi connectivity index (χ1v) is 7.36. The number of likely N-dealkylation sites (tertiary alicyclic amines) is 1. The maximum atomic E-state index is 5.42. The number of hydrogen-bond acceptors (Lipinski definition) is 4. The van der Waals surface area contributed by atoms with Gasteiger partial charge in [0.15, 0.2) is 11.5 Å². The smallest absolute Gasteiger partial charge is 0.161 e. The van der Waals surface area contributed by atoms with Crippen LogP contribution in [0.25, 0.3) is 0 Å². The van der Waals surface area contributed by atoms with Crippen molar-refractivity contribution < 1.29 is 9.47 Å². The average molecular weight is 276 g/mol. The molecule has 2 atom stereocenters. The molecule has 2 heterocycles. The van der Waals surface area contributed by atoms with Crippen LogP contribution < -0.4 is 14.8 Å². The van der Waals surface area contributed by atoms with E-state index in [1.165, 1.54) is 37.3 Å². The molecule has 2 unspecified atom stereocenters. The van der Waals surface area contributed by atoms with Crippen molar-refractivity contribution >= 4 is 0 Å². The van der Waals surface area contributed by atoms with Gasteiger partial charge in [-0.15, -0.1) is 0 Å². The molecule has 0 saturated carbocycles. The lowest BCUT2D eigenvalue weighted by Crippen LogP contribution is -2.25. The predicted molar refractivity (Wildman–Crippen MR) is 79.4 cm³/mol. The van der Waals surface area contributed by atoms with E-state index in [1.807, 2.05) is 0 Å². The summed E-state index contributed by atoms with van der Waals surface area (Å²) in [6, 6.07) is 4.20. The van der Waals surface area contributed by atoms with Crippen LogP contribution in [0.15, 0.2) is 12.1 Å². The molecule has 1 aromatic rings. The van der Waals surface area contributed by atoms with Gasteiger partial charge < -0.3 is 14.8 Å². The zero-order chi connectivity index (χ0) is 14.1. The first kappa shape index (κ1) is 13.7. The molecule has 4 nitrogen and oxygen atoms in total. The van der Waals surface area contributed by atoms with E-state index in [4.69, 9.17) is 9.47 Å². The van der Waals surface area contributed by atoms with Crippen LogP contribution in [0, 0.1) is 18.8 Å². The molecular formula is C16H24N2O2. The maximum Gasteiger partial charge on any atom is 0.161 e. The van der Waals surface area contributed by atoms with E-state index in [9.17, 15) is 0 Å². The summed E-state index contributed by atoms with van der Waals surface area (Å²) in [5.74, 6) is 3.33. The highest BCUT2D eigenvalue weighted by Gasteiger charge is 2.35. The number of methoxy groups -OCH3 is 2. The van der Waals surface area contributed by atoms with Crippen molar-refractivity contribution in [2.24, 2.45) is 11.8 Å². The topological polar surface area (TPSA) is 33.7 Å². The zero-order valence-corrected chi connectivity index (χ0v) is 12.6. The van der Waals surface area contributed by atoms with Gasteiger partial charge in [-0.2, -0.15) is 0 Å². The van der Waals surface area contributed by atoms with Gasteiger partial charge in [0, 0.05) is 19.6 Å². The summed E-state index contributed by atoms with van der Waals surface area (Å²) in [6.45, 7) is 7.96. The van der Waals surface area contributed by atoms with Gasteiger partial charge in [0.1, 0.15) is 0 Å². The van der Waals surface area contributed by atoms with Crippen molar-refractivity contribution in [1.82, 2.24) is 10.2 Å². The quantitative estimate of drug-likeness (QED) is 0.907. The predicted octanol–water partition coefficient (Wildman–Crippen LogP) is 1.66. The van der Waals surface area contributed by atoms with Crippen LogP contribution >= 0.6 is 0 Å². The molecule has 0 bridgehead atoms.